The molecule has 1 amide bonds. The zero-order chi connectivity index (χ0) is 24.5. The van der Waals surface area contributed by atoms with E-state index < -0.39 is 17.3 Å². The number of ether oxygens (including phenoxy) is 1. The zero-order valence-corrected chi connectivity index (χ0v) is 20.2. The molecule has 7 nitrogen and oxygen atoms in total. The number of rotatable bonds is 4. The molecule has 1 aliphatic rings. The largest absolute Gasteiger partial charge is 0.444 e. The molecule has 7 heteroatoms. The monoisotopic (exact) mass is 464 g/mol. The van der Waals surface area contributed by atoms with Gasteiger partial charge >= 0.3 is 11.7 Å². The Morgan fingerprint density at radius 2 is 1.65 bits per heavy atom. The molecular weight excluding hydrogens is 432 g/mol. The Kier molecular flexibility index (Phi) is 6.77. The molecule has 0 bridgehead atoms. The summed E-state index contributed by atoms with van der Waals surface area (Å²) in [6.45, 7) is 10.8. The van der Waals surface area contributed by atoms with Gasteiger partial charge in [0.25, 0.3) is 0 Å². The van der Waals surface area contributed by atoms with Crippen molar-refractivity contribution >= 4 is 16.9 Å². The van der Waals surface area contributed by atoms with Gasteiger partial charge in [0.1, 0.15) is 17.5 Å². The van der Waals surface area contributed by atoms with Crippen LogP contribution in [0.15, 0.2) is 57.7 Å². The standard InChI is InChI=1S/C27H32N2O5/c1-18(30)24-23(21-7-5-6-8-22(21)25(31)33-24)20-11-9-19(10-12-20)17-28-13-15-29(16-14-28)26(32)34-27(2,3)4/h5-12,18,30H,13-17H2,1-4H3. The summed E-state index contributed by atoms with van der Waals surface area (Å²) >= 11 is 0. The number of benzene rings is 2. The molecule has 0 radical (unpaired) electrons. The Hall–Kier alpha value is -3.16. The lowest BCUT2D eigenvalue weighted by atomic mass is 9.96. The Labute approximate surface area is 199 Å². The second-order valence-electron chi connectivity index (χ2n) is 9.79. The highest BCUT2D eigenvalue weighted by molar-refractivity contribution is 5.96. The number of amides is 1. The van der Waals surface area contributed by atoms with E-state index in [2.05, 4.69) is 17.0 Å². The van der Waals surface area contributed by atoms with E-state index in [0.717, 1.165) is 41.7 Å². The summed E-state index contributed by atoms with van der Waals surface area (Å²) in [4.78, 5) is 28.7. The molecule has 2 heterocycles. The first-order valence-corrected chi connectivity index (χ1v) is 11.7. The van der Waals surface area contributed by atoms with Crippen LogP contribution in [0.4, 0.5) is 4.79 Å². The molecule has 34 heavy (non-hydrogen) atoms. The molecule has 1 aliphatic heterocycles. The molecule has 1 unspecified atom stereocenters. The Bertz CT molecular complexity index is 1220. The summed E-state index contributed by atoms with van der Waals surface area (Å²) in [5.74, 6) is 0.273. The summed E-state index contributed by atoms with van der Waals surface area (Å²) in [5.41, 5.74) is 1.83. The second kappa shape index (κ2) is 9.60. The first-order valence-electron chi connectivity index (χ1n) is 11.7. The number of carbonyl (C=O) groups is 1. The fourth-order valence-corrected chi connectivity index (χ4v) is 4.26. The highest BCUT2D eigenvalue weighted by Gasteiger charge is 2.26. The number of aliphatic hydroxyl groups excluding tert-OH is 1. The number of hydrogen-bond donors (Lipinski definition) is 1. The van der Waals surface area contributed by atoms with Crippen LogP contribution in [0.1, 0.15) is 45.1 Å². The van der Waals surface area contributed by atoms with E-state index in [4.69, 9.17) is 9.15 Å². The van der Waals surface area contributed by atoms with E-state index in [1.165, 1.54) is 0 Å². The number of piperazine rings is 1. The normalized spacial score (nSPS) is 16.0. The van der Waals surface area contributed by atoms with Crippen LogP contribution in [0, 0.1) is 0 Å². The van der Waals surface area contributed by atoms with E-state index in [-0.39, 0.29) is 11.9 Å². The molecule has 1 atom stereocenters. The molecule has 0 saturated carbocycles. The summed E-state index contributed by atoms with van der Waals surface area (Å²) in [6, 6.07) is 15.4. The average Bonchev–Trinajstić information content (AvgIpc) is 2.79. The number of carbonyl (C=O) groups excluding carboxylic acids is 1. The maximum atomic E-state index is 12.4. The van der Waals surface area contributed by atoms with Gasteiger partial charge in [-0.2, -0.15) is 0 Å². The van der Waals surface area contributed by atoms with Crippen molar-refractivity contribution in [1.29, 1.82) is 0 Å². The fraction of sp³-hybridized carbons (Fsp3) is 0.407. The van der Waals surface area contributed by atoms with Crippen LogP contribution >= 0.6 is 0 Å². The Balaban J connectivity index is 1.49. The van der Waals surface area contributed by atoms with Crippen molar-refractivity contribution in [1.82, 2.24) is 9.80 Å². The van der Waals surface area contributed by atoms with Gasteiger partial charge in [0.2, 0.25) is 0 Å². The molecule has 0 spiro atoms. The van der Waals surface area contributed by atoms with Crippen LogP contribution in [0.5, 0.6) is 0 Å². The maximum absolute atomic E-state index is 12.4. The maximum Gasteiger partial charge on any atom is 0.410 e. The summed E-state index contributed by atoms with van der Waals surface area (Å²) in [6.07, 6.45) is -1.17. The van der Waals surface area contributed by atoms with E-state index in [9.17, 15) is 14.7 Å². The quantitative estimate of drug-likeness (QED) is 0.609. The molecule has 1 fully saturated rings. The van der Waals surface area contributed by atoms with Crippen molar-refractivity contribution in [2.45, 2.75) is 45.9 Å². The van der Waals surface area contributed by atoms with Crippen LogP contribution in [0.25, 0.3) is 21.9 Å². The van der Waals surface area contributed by atoms with Gasteiger partial charge in [-0.25, -0.2) is 9.59 Å². The lowest BCUT2D eigenvalue weighted by Crippen LogP contribution is -2.49. The lowest BCUT2D eigenvalue weighted by Gasteiger charge is -2.35. The van der Waals surface area contributed by atoms with E-state index in [1.54, 1.807) is 24.0 Å². The number of hydrogen-bond acceptors (Lipinski definition) is 6. The van der Waals surface area contributed by atoms with Gasteiger partial charge < -0.3 is 19.2 Å². The lowest BCUT2D eigenvalue weighted by molar-refractivity contribution is 0.0139. The third-order valence-corrected chi connectivity index (χ3v) is 5.92. The van der Waals surface area contributed by atoms with Crippen molar-refractivity contribution < 1.29 is 19.1 Å². The van der Waals surface area contributed by atoms with Crippen LogP contribution in [0.2, 0.25) is 0 Å². The SMILES string of the molecule is CC(O)c1oc(=O)c2ccccc2c1-c1ccc(CN2CCN(C(=O)OC(C)(C)C)CC2)cc1. The minimum atomic E-state index is -0.909. The summed E-state index contributed by atoms with van der Waals surface area (Å²) in [7, 11) is 0. The number of fused-ring (bicyclic) bond motifs is 1. The minimum absolute atomic E-state index is 0.257. The van der Waals surface area contributed by atoms with Crippen molar-refractivity contribution in [2.24, 2.45) is 0 Å². The van der Waals surface area contributed by atoms with E-state index in [0.29, 0.717) is 18.5 Å². The average molecular weight is 465 g/mol. The molecular formula is C27H32N2O5. The molecule has 180 valence electrons. The van der Waals surface area contributed by atoms with Crippen LogP contribution in [-0.2, 0) is 11.3 Å². The van der Waals surface area contributed by atoms with E-state index in [1.807, 2.05) is 45.0 Å². The third-order valence-electron chi connectivity index (χ3n) is 5.92. The summed E-state index contributed by atoms with van der Waals surface area (Å²) in [5, 5.41) is 11.5. The minimum Gasteiger partial charge on any atom is -0.444 e. The third kappa shape index (κ3) is 5.32. The topological polar surface area (TPSA) is 83.2 Å². The van der Waals surface area contributed by atoms with Gasteiger partial charge in [-0.3, -0.25) is 4.90 Å². The number of aliphatic hydroxyl groups is 1. The summed E-state index contributed by atoms with van der Waals surface area (Å²) < 4.78 is 11.0. The van der Waals surface area contributed by atoms with Gasteiger partial charge in [-0.1, -0.05) is 42.5 Å². The number of nitrogens with zero attached hydrogens (tertiary/aromatic N) is 2. The smallest absolute Gasteiger partial charge is 0.410 e. The second-order valence-corrected chi connectivity index (χ2v) is 9.79. The highest BCUT2D eigenvalue weighted by atomic mass is 16.6. The first kappa shape index (κ1) is 24.0. The van der Waals surface area contributed by atoms with Crippen molar-refractivity contribution in [2.75, 3.05) is 26.2 Å². The molecule has 0 aliphatic carbocycles. The Morgan fingerprint density at radius 1 is 1.03 bits per heavy atom. The van der Waals surface area contributed by atoms with Gasteiger partial charge in [0.05, 0.1) is 5.39 Å². The van der Waals surface area contributed by atoms with Gasteiger partial charge in [-0.15, -0.1) is 0 Å². The van der Waals surface area contributed by atoms with Crippen molar-refractivity contribution in [3.8, 4) is 11.1 Å². The van der Waals surface area contributed by atoms with E-state index >= 15 is 0 Å². The molecule has 2 aromatic carbocycles. The molecule has 1 aromatic heterocycles. The molecule has 1 N–H and O–H groups in total. The van der Waals surface area contributed by atoms with Crippen molar-refractivity contribution in [3.63, 3.8) is 0 Å². The Morgan fingerprint density at radius 3 is 2.24 bits per heavy atom. The zero-order valence-electron chi connectivity index (χ0n) is 20.2. The predicted molar refractivity (Wildman–Crippen MR) is 132 cm³/mol. The van der Waals surface area contributed by atoms with Gasteiger partial charge in [-0.05, 0) is 44.9 Å². The van der Waals surface area contributed by atoms with Gasteiger partial charge in [0.15, 0.2) is 0 Å². The van der Waals surface area contributed by atoms with Gasteiger partial charge in [0, 0.05) is 43.7 Å². The molecule has 4 rings (SSSR count). The van der Waals surface area contributed by atoms with Crippen molar-refractivity contribution in [3.05, 3.63) is 70.3 Å². The fourth-order valence-electron chi connectivity index (χ4n) is 4.26. The molecule has 1 saturated heterocycles. The highest BCUT2D eigenvalue weighted by Crippen LogP contribution is 2.34. The molecule has 3 aromatic rings. The predicted octanol–water partition coefficient (Wildman–Crippen LogP) is 4.57. The first-order chi connectivity index (χ1) is 16.1. The van der Waals surface area contributed by atoms with Crippen LogP contribution < -0.4 is 5.63 Å². The van der Waals surface area contributed by atoms with Crippen LogP contribution in [0.3, 0.4) is 0 Å². The van der Waals surface area contributed by atoms with Crippen LogP contribution in [-0.4, -0.2) is 52.8 Å².